The van der Waals surface area contributed by atoms with Crippen molar-refractivity contribution in [3.63, 3.8) is 0 Å². The minimum atomic E-state index is -6.55. The summed E-state index contributed by atoms with van der Waals surface area (Å²) in [6.07, 6.45) is 0. The molecule has 1 fully saturated rings. The van der Waals surface area contributed by atoms with E-state index in [1.54, 1.807) is 4.90 Å². The molecule has 2 heterocycles. The van der Waals surface area contributed by atoms with Crippen LogP contribution in [0.5, 0.6) is 5.75 Å². The van der Waals surface area contributed by atoms with E-state index in [2.05, 4.69) is 9.50 Å². The van der Waals surface area contributed by atoms with Gasteiger partial charge in [-0.3, -0.25) is 9.59 Å². The molecule has 0 saturated carbocycles. The number of fused-ring (bicyclic) bond motifs is 2. The summed E-state index contributed by atoms with van der Waals surface area (Å²) in [6.45, 7) is 3.47. The number of nitrogens with zero attached hydrogens (tertiary/aromatic N) is 1. The van der Waals surface area contributed by atoms with Crippen LogP contribution in [0.25, 0.3) is 33.4 Å². The molecule has 2 aliphatic heterocycles. The van der Waals surface area contributed by atoms with Crippen molar-refractivity contribution >= 4 is 27.0 Å². The van der Waals surface area contributed by atoms with Gasteiger partial charge in [0.2, 0.25) is 17.4 Å². The van der Waals surface area contributed by atoms with Crippen molar-refractivity contribution in [2.45, 2.75) is 12.4 Å². The topological polar surface area (TPSA) is 106 Å². The molecule has 16 heteroatoms. The first-order valence-electron chi connectivity index (χ1n) is 12.0. The molecular weight excluding hydrogens is 601 g/mol. The Morgan fingerprint density at radius 2 is 1.64 bits per heavy atom. The number of carbonyl (C=O) groups is 1. The molecule has 2 aromatic carbocycles. The summed E-state index contributed by atoms with van der Waals surface area (Å²) in [4.78, 5) is 26.5. The lowest BCUT2D eigenvalue weighted by Gasteiger charge is -2.27. The van der Waals surface area contributed by atoms with Crippen molar-refractivity contribution in [2.24, 2.45) is 0 Å². The Morgan fingerprint density at radius 1 is 0.976 bits per heavy atom. The molecule has 8 nitrogen and oxygen atoms in total. The average Bonchev–Trinajstić information content (AvgIpc) is 2.93. The largest absolute Gasteiger partial charge is 0.534 e. The maximum Gasteiger partial charge on any atom is 0.534 e. The fourth-order valence-electron chi connectivity index (χ4n) is 4.64. The summed E-state index contributed by atoms with van der Waals surface area (Å²) >= 11 is 0. The van der Waals surface area contributed by atoms with Crippen LogP contribution in [0, 0.1) is 30.2 Å². The molecule has 1 saturated heterocycles. The molecule has 0 unspecified atom stereocenters. The Balaban J connectivity index is 1.79. The Hall–Kier alpha value is -4.18. The number of amides is 1. The number of benzene rings is 3. The lowest BCUT2D eigenvalue weighted by Crippen LogP contribution is -2.46. The molecule has 0 atom stereocenters. The van der Waals surface area contributed by atoms with E-state index in [0.717, 1.165) is 0 Å². The van der Waals surface area contributed by atoms with E-state index in [1.165, 1.54) is 25.1 Å². The molecule has 0 spiro atoms. The number of piperazine rings is 1. The van der Waals surface area contributed by atoms with Crippen LogP contribution in [-0.4, -0.2) is 50.9 Å². The standard InChI is InChI=1S/C26H17F7N2O6S/c1-11-8-12(25(37)35-6-4-34-5-7-35)2-3-13(11)18-14-9-16(27)21(36)19(29)22(14)40-23-15(18)10-17(28)24(20(23)30)41-42(38,39)26(31,32)33/h2-3,8-10,34H,4-7H2,1H3. The molecule has 42 heavy (non-hydrogen) atoms. The fraction of sp³-hybridized carbons (Fsp3) is 0.231. The number of alkyl halides is 3. The van der Waals surface area contributed by atoms with E-state index in [4.69, 9.17) is 4.42 Å². The molecule has 0 aromatic heterocycles. The highest BCUT2D eigenvalue weighted by Gasteiger charge is 2.49. The summed E-state index contributed by atoms with van der Waals surface area (Å²) in [6, 6.07) is 4.98. The lowest BCUT2D eigenvalue weighted by atomic mass is 9.89. The minimum Gasteiger partial charge on any atom is -0.450 e. The normalized spacial score (nSPS) is 14.5. The molecule has 0 radical (unpaired) electrons. The fourth-order valence-corrected chi connectivity index (χ4v) is 5.10. The third kappa shape index (κ3) is 4.83. The SMILES string of the molecule is Cc1cc(C(=O)N2CCNCC2)ccc1-c1c2cc(F)c(=O)c(F)c-2oc2c(F)c(OS(=O)(=O)C(F)(F)F)c(F)cc12. The summed E-state index contributed by atoms with van der Waals surface area (Å²) in [5.41, 5.74) is -9.34. The molecule has 1 amide bonds. The van der Waals surface area contributed by atoms with Crippen LogP contribution in [0.3, 0.4) is 0 Å². The molecule has 2 aromatic rings. The Kier molecular flexibility index (Phi) is 7.17. The van der Waals surface area contributed by atoms with Gasteiger partial charge in [0.05, 0.1) is 0 Å². The van der Waals surface area contributed by atoms with Crippen molar-refractivity contribution in [1.82, 2.24) is 10.2 Å². The van der Waals surface area contributed by atoms with Gasteiger partial charge >= 0.3 is 15.6 Å². The number of halogens is 7. The first-order chi connectivity index (χ1) is 19.6. The molecule has 1 N–H and O–H groups in total. The molecule has 5 rings (SSSR count). The molecule has 0 bridgehead atoms. The van der Waals surface area contributed by atoms with Gasteiger partial charge in [-0.1, -0.05) is 6.07 Å². The van der Waals surface area contributed by atoms with Crippen LogP contribution in [0.15, 0.2) is 39.5 Å². The second-order valence-corrected chi connectivity index (χ2v) is 10.8. The van der Waals surface area contributed by atoms with Crippen molar-refractivity contribution in [2.75, 3.05) is 26.2 Å². The average molecular weight is 618 g/mol. The zero-order chi connectivity index (χ0) is 30.7. The van der Waals surface area contributed by atoms with Gasteiger partial charge in [-0.05, 0) is 42.3 Å². The number of hydrogen-bond donors (Lipinski definition) is 1. The van der Waals surface area contributed by atoms with Gasteiger partial charge in [-0.2, -0.15) is 30.4 Å². The van der Waals surface area contributed by atoms with Crippen molar-refractivity contribution < 1.29 is 52.5 Å². The van der Waals surface area contributed by atoms with Crippen LogP contribution in [0.4, 0.5) is 30.7 Å². The molecule has 1 aliphatic carbocycles. The number of nitrogens with one attached hydrogen (secondary N) is 1. The van der Waals surface area contributed by atoms with Crippen LogP contribution >= 0.6 is 0 Å². The Bertz CT molecular complexity index is 1900. The number of rotatable bonds is 4. The van der Waals surface area contributed by atoms with Gasteiger partial charge < -0.3 is 18.8 Å². The number of carbonyl (C=O) groups excluding carboxylic acids is 1. The van der Waals surface area contributed by atoms with Crippen LogP contribution in [-0.2, 0) is 10.1 Å². The first kappa shape index (κ1) is 29.3. The van der Waals surface area contributed by atoms with Crippen LogP contribution in [0.2, 0.25) is 0 Å². The molecular formula is C26H17F7N2O6S. The molecule has 222 valence electrons. The lowest BCUT2D eigenvalue weighted by molar-refractivity contribution is -0.0501. The third-order valence-electron chi connectivity index (χ3n) is 6.63. The second kappa shape index (κ2) is 10.3. The molecule has 3 aliphatic rings. The van der Waals surface area contributed by atoms with Gasteiger partial charge in [-0.25, -0.2) is 8.78 Å². The minimum absolute atomic E-state index is 0.0468. The van der Waals surface area contributed by atoms with Crippen molar-refractivity contribution in [1.29, 1.82) is 0 Å². The zero-order valence-corrected chi connectivity index (χ0v) is 22.0. The quantitative estimate of drug-likeness (QED) is 0.153. The van der Waals surface area contributed by atoms with E-state index >= 15 is 8.78 Å². The zero-order valence-electron chi connectivity index (χ0n) is 21.2. The van der Waals surface area contributed by atoms with E-state index in [-0.39, 0.29) is 28.2 Å². The smallest absolute Gasteiger partial charge is 0.450 e. The van der Waals surface area contributed by atoms with Gasteiger partial charge in [0.15, 0.2) is 23.0 Å². The van der Waals surface area contributed by atoms with Gasteiger partial charge in [0, 0.05) is 48.3 Å². The summed E-state index contributed by atoms with van der Waals surface area (Å²) in [5.74, 6) is -10.9. The monoisotopic (exact) mass is 618 g/mol. The van der Waals surface area contributed by atoms with Crippen molar-refractivity contribution in [3.8, 4) is 28.2 Å². The highest BCUT2D eigenvalue weighted by Crippen LogP contribution is 2.45. The Morgan fingerprint density at radius 3 is 2.26 bits per heavy atom. The Labute approximate surface area is 231 Å². The number of aryl methyl sites for hydroxylation is 1. The van der Waals surface area contributed by atoms with Gasteiger partial charge in [0.1, 0.15) is 0 Å². The van der Waals surface area contributed by atoms with E-state index in [1.807, 2.05) is 0 Å². The van der Waals surface area contributed by atoms with Crippen molar-refractivity contribution in [3.05, 3.63) is 75.0 Å². The van der Waals surface area contributed by atoms with E-state index in [9.17, 15) is 40.0 Å². The van der Waals surface area contributed by atoms with Crippen LogP contribution in [0.1, 0.15) is 15.9 Å². The predicted molar refractivity (Wildman–Crippen MR) is 133 cm³/mol. The first-order valence-corrected chi connectivity index (χ1v) is 13.4. The number of hydrogen-bond acceptors (Lipinski definition) is 7. The second-order valence-electron chi connectivity index (χ2n) is 9.29. The van der Waals surface area contributed by atoms with Gasteiger partial charge in [0.25, 0.3) is 11.3 Å². The van der Waals surface area contributed by atoms with E-state index < -0.39 is 72.4 Å². The highest BCUT2D eigenvalue weighted by molar-refractivity contribution is 7.88. The van der Waals surface area contributed by atoms with E-state index in [0.29, 0.717) is 38.3 Å². The maximum atomic E-state index is 15.4. The predicted octanol–water partition coefficient (Wildman–Crippen LogP) is 4.70. The highest BCUT2D eigenvalue weighted by atomic mass is 32.2. The van der Waals surface area contributed by atoms with Gasteiger partial charge in [-0.15, -0.1) is 0 Å². The summed E-state index contributed by atoms with van der Waals surface area (Å²) < 4.78 is 130. The summed E-state index contributed by atoms with van der Waals surface area (Å²) in [5, 5.41) is 2.50. The van der Waals surface area contributed by atoms with Crippen LogP contribution < -0.4 is 14.9 Å². The third-order valence-corrected chi connectivity index (χ3v) is 7.58. The maximum absolute atomic E-state index is 15.4. The summed E-state index contributed by atoms with van der Waals surface area (Å²) in [7, 11) is -6.55.